The Hall–Kier alpha value is -4.84. The number of rotatable bonds is 6. The van der Waals surface area contributed by atoms with Crippen LogP contribution in [0, 0.1) is 10.1 Å². The molecule has 0 radical (unpaired) electrons. The summed E-state index contributed by atoms with van der Waals surface area (Å²) in [4.78, 5) is 28.5. The molecule has 0 atom stereocenters. The first kappa shape index (κ1) is 22.9. The minimum absolute atomic E-state index is 0.0304. The van der Waals surface area contributed by atoms with Gasteiger partial charge in [0.15, 0.2) is 0 Å². The van der Waals surface area contributed by atoms with Crippen LogP contribution in [0.4, 0.5) is 11.4 Å². The molecule has 0 saturated heterocycles. The quantitative estimate of drug-likeness (QED) is 0.207. The number of aryl methyl sites for hydroxylation is 1. The minimum atomic E-state index is -0.419. The smallest absolute Gasteiger partial charge is 0.269 e. The van der Waals surface area contributed by atoms with Gasteiger partial charge in [0.25, 0.3) is 11.6 Å². The molecule has 1 N–H and O–H groups in total. The molecule has 176 valence electrons. The molecular formula is C30H23N3O3. The van der Waals surface area contributed by atoms with Crippen LogP contribution >= 0.6 is 0 Å². The maximum Gasteiger partial charge on any atom is 0.269 e. The molecule has 6 heteroatoms. The van der Waals surface area contributed by atoms with Gasteiger partial charge in [0.05, 0.1) is 16.1 Å². The molecule has 1 amide bonds. The lowest BCUT2D eigenvalue weighted by atomic mass is 9.97. The van der Waals surface area contributed by atoms with Gasteiger partial charge in [-0.25, -0.2) is 4.98 Å². The number of hydrogen-bond acceptors (Lipinski definition) is 4. The van der Waals surface area contributed by atoms with Crippen LogP contribution in [-0.4, -0.2) is 15.8 Å². The van der Waals surface area contributed by atoms with E-state index in [9.17, 15) is 14.9 Å². The topological polar surface area (TPSA) is 85.1 Å². The van der Waals surface area contributed by atoms with E-state index in [2.05, 4.69) is 12.2 Å². The summed E-state index contributed by atoms with van der Waals surface area (Å²) in [5.74, 6) is -0.195. The zero-order valence-electron chi connectivity index (χ0n) is 19.6. The Bertz CT molecular complexity index is 1560. The molecule has 5 aromatic rings. The van der Waals surface area contributed by atoms with Crippen LogP contribution in [0.5, 0.6) is 0 Å². The fourth-order valence-electron chi connectivity index (χ4n) is 4.15. The van der Waals surface area contributed by atoms with E-state index < -0.39 is 4.92 Å². The zero-order chi connectivity index (χ0) is 25.1. The molecule has 0 aliphatic carbocycles. The van der Waals surface area contributed by atoms with Crippen LogP contribution in [0.15, 0.2) is 103 Å². The first-order chi connectivity index (χ1) is 17.5. The third-order valence-corrected chi connectivity index (χ3v) is 6.15. The fraction of sp³-hybridized carbons (Fsp3) is 0.0667. The predicted molar refractivity (Wildman–Crippen MR) is 143 cm³/mol. The van der Waals surface area contributed by atoms with Gasteiger partial charge in [-0.1, -0.05) is 49.4 Å². The molecule has 0 aliphatic heterocycles. The third-order valence-electron chi connectivity index (χ3n) is 6.15. The van der Waals surface area contributed by atoms with Crippen molar-refractivity contribution in [2.75, 3.05) is 5.32 Å². The molecule has 0 bridgehead atoms. The number of pyridine rings is 1. The van der Waals surface area contributed by atoms with Crippen LogP contribution < -0.4 is 5.32 Å². The van der Waals surface area contributed by atoms with Gasteiger partial charge in [0, 0.05) is 34.3 Å². The van der Waals surface area contributed by atoms with Crippen molar-refractivity contribution in [2.45, 2.75) is 13.3 Å². The highest BCUT2D eigenvalue weighted by molar-refractivity contribution is 6.08. The Morgan fingerprint density at radius 2 is 1.58 bits per heavy atom. The van der Waals surface area contributed by atoms with Gasteiger partial charge >= 0.3 is 0 Å². The summed E-state index contributed by atoms with van der Waals surface area (Å²) in [7, 11) is 0. The highest BCUT2D eigenvalue weighted by atomic mass is 16.6. The zero-order valence-corrected chi connectivity index (χ0v) is 19.6. The van der Waals surface area contributed by atoms with Gasteiger partial charge < -0.3 is 5.32 Å². The number of anilines is 1. The van der Waals surface area contributed by atoms with Gasteiger partial charge in [-0.05, 0) is 71.6 Å². The molecule has 1 aromatic heterocycles. The second kappa shape index (κ2) is 9.80. The van der Waals surface area contributed by atoms with E-state index in [1.807, 2.05) is 72.8 Å². The predicted octanol–water partition coefficient (Wildman–Crippen LogP) is 7.29. The largest absolute Gasteiger partial charge is 0.322 e. The van der Waals surface area contributed by atoms with Crippen molar-refractivity contribution < 1.29 is 9.72 Å². The average molecular weight is 474 g/mol. The normalized spacial score (nSPS) is 10.8. The molecule has 36 heavy (non-hydrogen) atoms. The fourth-order valence-corrected chi connectivity index (χ4v) is 4.15. The first-order valence-electron chi connectivity index (χ1n) is 11.7. The summed E-state index contributed by atoms with van der Waals surface area (Å²) in [6, 6.07) is 31.5. The standard InChI is InChI=1S/C30H23N3O3/c1-2-20-8-13-24(14-9-20)31-30(34)23-12-17-28-27(18-23)26(21-6-4-3-5-7-21)19-29(32-28)22-10-15-25(16-11-22)33(35)36/h3-19H,2H2,1H3,(H,31,34). The maximum absolute atomic E-state index is 13.0. The van der Waals surface area contributed by atoms with E-state index in [4.69, 9.17) is 4.98 Å². The number of nitrogens with one attached hydrogen (secondary N) is 1. The van der Waals surface area contributed by atoms with E-state index in [0.717, 1.165) is 39.7 Å². The third kappa shape index (κ3) is 4.70. The van der Waals surface area contributed by atoms with E-state index in [0.29, 0.717) is 11.3 Å². The van der Waals surface area contributed by atoms with Gasteiger partial charge in [0.2, 0.25) is 0 Å². The molecule has 4 aromatic carbocycles. The first-order valence-corrected chi connectivity index (χ1v) is 11.7. The molecule has 0 fully saturated rings. The van der Waals surface area contributed by atoms with Gasteiger partial charge in [-0.2, -0.15) is 0 Å². The van der Waals surface area contributed by atoms with E-state index in [1.54, 1.807) is 18.2 Å². The Kier molecular flexibility index (Phi) is 6.24. The monoisotopic (exact) mass is 473 g/mol. The summed E-state index contributed by atoms with van der Waals surface area (Å²) in [6.45, 7) is 2.09. The summed E-state index contributed by atoms with van der Waals surface area (Å²) in [5.41, 5.74) is 6.63. The molecule has 0 saturated carbocycles. The summed E-state index contributed by atoms with van der Waals surface area (Å²) >= 11 is 0. The van der Waals surface area contributed by atoms with Crippen LogP contribution in [-0.2, 0) is 6.42 Å². The number of nitro benzene ring substituents is 1. The van der Waals surface area contributed by atoms with Gasteiger partial charge in [-0.15, -0.1) is 0 Å². The van der Waals surface area contributed by atoms with Crippen LogP contribution in [0.25, 0.3) is 33.3 Å². The second-order valence-corrected chi connectivity index (χ2v) is 8.46. The summed E-state index contributed by atoms with van der Waals surface area (Å²) in [6.07, 6.45) is 0.941. The lowest BCUT2D eigenvalue weighted by Gasteiger charge is -2.12. The number of non-ortho nitro benzene ring substituents is 1. The molecule has 0 aliphatic rings. The lowest BCUT2D eigenvalue weighted by molar-refractivity contribution is -0.384. The maximum atomic E-state index is 13.0. The molecule has 6 nitrogen and oxygen atoms in total. The molecule has 0 spiro atoms. The number of nitro groups is 1. The van der Waals surface area contributed by atoms with Gasteiger partial charge in [0.1, 0.15) is 0 Å². The Morgan fingerprint density at radius 3 is 2.25 bits per heavy atom. The van der Waals surface area contributed by atoms with Crippen molar-refractivity contribution in [1.82, 2.24) is 4.98 Å². The number of carbonyl (C=O) groups excluding carboxylic acids is 1. The Morgan fingerprint density at radius 1 is 0.861 bits per heavy atom. The Labute approximate surface area is 208 Å². The molecule has 1 heterocycles. The number of amides is 1. The van der Waals surface area contributed by atoms with E-state index in [-0.39, 0.29) is 11.6 Å². The SMILES string of the molecule is CCc1ccc(NC(=O)c2ccc3nc(-c4ccc([N+](=O)[O-])cc4)cc(-c4ccccc4)c3c2)cc1. The summed E-state index contributed by atoms with van der Waals surface area (Å²) in [5, 5.41) is 14.9. The lowest BCUT2D eigenvalue weighted by Crippen LogP contribution is -2.11. The number of benzene rings is 4. The van der Waals surface area contributed by atoms with E-state index in [1.165, 1.54) is 17.7 Å². The van der Waals surface area contributed by atoms with E-state index >= 15 is 0 Å². The van der Waals surface area contributed by atoms with Crippen molar-refractivity contribution in [3.63, 3.8) is 0 Å². The van der Waals surface area contributed by atoms with Crippen molar-refractivity contribution in [2.24, 2.45) is 0 Å². The van der Waals surface area contributed by atoms with Crippen molar-refractivity contribution >= 4 is 28.2 Å². The van der Waals surface area contributed by atoms with Crippen LogP contribution in [0.1, 0.15) is 22.8 Å². The number of nitrogens with zero attached hydrogens (tertiary/aromatic N) is 2. The minimum Gasteiger partial charge on any atom is -0.322 e. The van der Waals surface area contributed by atoms with Crippen LogP contribution in [0.3, 0.4) is 0 Å². The Balaban J connectivity index is 1.57. The number of hydrogen-bond donors (Lipinski definition) is 1. The molecule has 0 unspecified atom stereocenters. The summed E-state index contributed by atoms with van der Waals surface area (Å²) < 4.78 is 0. The van der Waals surface area contributed by atoms with Crippen molar-refractivity contribution in [3.8, 4) is 22.4 Å². The average Bonchev–Trinajstić information content (AvgIpc) is 2.93. The highest BCUT2D eigenvalue weighted by Crippen LogP contribution is 2.33. The van der Waals surface area contributed by atoms with Crippen LogP contribution in [0.2, 0.25) is 0 Å². The second-order valence-electron chi connectivity index (χ2n) is 8.46. The highest BCUT2D eigenvalue weighted by Gasteiger charge is 2.14. The molecular weight excluding hydrogens is 450 g/mol. The number of fused-ring (bicyclic) bond motifs is 1. The number of aromatic nitrogens is 1. The van der Waals surface area contributed by atoms with Crippen molar-refractivity contribution in [3.05, 3.63) is 124 Å². The van der Waals surface area contributed by atoms with Crippen molar-refractivity contribution in [1.29, 1.82) is 0 Å². The number of carbonyl (C=O) groups is 1. The molecule has 5 rings (SSSR count). The van der Waals surface area contributed by atoms with Gasteiger partial charge in [-0.3, -0.25) is 14.9 Å².